The predicted molar refractivity (Wildman–Crippen MR) is 88.1 cm³/mol. The summed E-state index contributed by atoms with van der Waals surface area (Å²) < 4.78 is 29.5. The Morgan fingerprint density at radius 3 is 2.86 bits per heavy atom. The third-order valence-electron chi connectivity index (χ3n) is 3.75. The van der Waals surface area contributed by atoms with Crippen LogP contribution >= 0.6 is 11.8 Å². The first-order valence-electron chi connectivity index (χ1n) is 7.54. The lowest BCUT2D eigenvalue weighted by atomic mass is 10.1. The van der Waals surface area contributed by atoms with Crippen molar-refractivity contribution in [3.05, 3.63) is 18.0 Å². The second kappa shape index (κ2) is 7.67. The van der Waals surface area contributed by atoms with Gasteiger partial charge in [-0.05, 0) is 43.4 Å². The SMILES string of the molecule is CCNCc1cc(S(=O)(=O)NCC2CCSC2)cn1CC. The fourth-order valence-corrected chi connectivity index (χ4v) is 4.89. The van der Waals surface area contributed by atoms with Crippen molar-refractivity contribution in [1.29, 1.82) is 0 Å². The second-order valence-electron chi connectivity index (χ2n) is 5.32. The molecule has 120 valence electrons. The van der Waals surface area contributed by atoms with Crippen LogP contribution in [0.4, 0.5) is 0 Å². The smallest absolute Gasteiger partial charge is 0.242 e. The molecule has 0 spiro atoms. The molecule has 0 aromatic carbocycles. The van der Waals surface area contributed by atoms with Crippen LogP contribution in [0, 0.1) is 5.92 Å². The van der Waals surface area contributed by atoms with Crippen LogP contribution in [0.25, 0.3) is 0 Å². The minimum atomic E-state index is -3.39. The van der Waals surface area contributed by atoms with E-state index in [1.165, 1.54) is 0 Å². The van der Waals surface area contributed by atoms with Crippen molar-refractivity contribution in [2.45, 2.75) is 38.3 Å². The molecule has 21 heavy (non-hydrogen) atoms. The number of aromatic nitrogens is 1. The van der Waals surface area contributed by atoms with Gasteiger partial charge in [0.1, 0.15) is 0 Å². The molecule has 0 radical (unpaired) electrons. The van der Waals surface area contributed by atoms with Gasteiger partial charge in [0.25, 0.3) is 0 Å². The van der Waals surface area contributed by atoms with Crippen LogP contribution in [0.3, 0.4) is 0 Å². The maximum Gasteiger partial charge on any atom is 0.242 e. The molecular weight excluding hydrogens is 306 g/mol. The molecule has 1 fully saturated rings. The molecule has 7 heteroatoms. The summed E-state index contributed by atoms with van der Waals surface area (Å²) >= 11 is 1.90. The Kier molecular flexibility index (Phi) is 6.16. The fourth-order valence-electron chi connectivity index (χ4n) is 2.42. The van der Waals surface area contributed by atoms with Crippen molar-refractivity contribution in [3.63, 3.8) is 0 Å². The van der Waals surface area contributed by atoms with Gasteiger partial charge in [-0.25, -0.2) is 13.1 Å². The lowest BCUT2D eigenvalue weighted by Gasteiger charge is -2.09. The molecule has 0 bridgehead atoms. The fraction of sp³-hybridized carbons (Fsp3) is 0.714. The largest absolute Gasteiger partial charge is 0.349 e. The lowest BCUT2D eigenvalue weighted by molar-refractivity contribution is 0.545. The van der Waals surface area contributed by atoms with Gasteiger partial charge in [0.15, 0.2) is 0 Å². The van der Waals surface area contributed by atoms with Gasteiger partial charge >= 0.3 is 0 Å². The van der Waals surface area contributed by atoms with Gasteiger partial charge in [-0.3, -0.25) is 0 Å². The summed E-state index contributed by atoms with van der Waals surface area (Å²) in [5.41, 5.74) is 1.01. The van der Waals surface area contributed by atoms with E-state index >= 15 is 0 Å². The van der Waals surface area contributed by atoms with E-state index < -0.39 is 10.0 Å². The molecule has 1 saturated heterocycles. The zero-order chi connectivity index (χ0) is 15.3. The number of nitrogens with zero attached hydrogens (tertiary/aromatic N) is 1. The summed E-state index contributed by atoms with van der Waals surface area (Å²) in [6.45, 7) is 6.95. The van der Waals surface area contributed by atoms with Crippen molar-refractivity contribution in [2.75, 3.05) is 24.6 Å². The van der Waals surface area contributed by atoms with Crippen LogP contribution < -0.4 is 10.0 Å². The number of rotatable bonds is 8. The first kappa shape index (κ1) is 16.9. The quantitative estimate of drug-likeness (QED) is 0.760. The Bertz CT molecular complexity index is 549. The summed E-state index contributed by atoms with van der Waals surface area (Å²) in [5.74, 6) is 2.68. The average molecular weight is 332 g/mol. The van der Waals surface area contributed by atoms with Crippen LogP contribution in [-0.2, 0) is 23.1 Å². The van der Waals surface area contributed by atoms with Crippen LogP contribution in [0.2, 0.25) is 0 Å². The van der Waals surface area contributed by atoms with E-state index in [1.54, 1.807) is 12.3 Å². The molecule has 0 amide bonds. The highest BCUT2D eigenvalue weighted by molar-refractivity contribution is 7.99. The van der Waals surface area contributed by atoms with Gasteiger partial charge < -0.3 is 9.88 Å². The van der Waals surface area contributed by atoms with Crippen molar-refractivity contribution in [1.82, 2.24) is 14.6 Å². The number of aryl methyl sites for hydroxylation is 1. The summed E-state index contributed by atoms with van der Waals surface area (Å²) in [4.78, 5) is 0.378. The number of sulfonamides is 1. The minimum absolute atomic E-state index is 0.378. The van der Waals surface area contributed by atoms with Crippen LogP contribution in [-0.4, -0.2) is 37.6 Å². The Hall–Kier alpha value is -0.500. The Labute approximate surface area is 131 Å². The molecular formula is C14H25N3O2S2. The third-order valence-corrected chi connectivity index (χ3v) is 6.38. The third kappa shape index (κ3) is 4.48. The van der Waals surface area contributed by atoms with Crippen LogP contribution in [0.1, 0.15) is 26.0 Å². The Morgan fingerprint density at radius 1 is 1.43 bits per heavy atom. The Balaban J connectivity index is 2.05. The number of hydrogen-bond acceptors (Lipinski definition) is 4. The Morgan fingerprint density at radius 2 is 2.24 bits per heavy atom. The summed E-state index contributed by atoms with van der Waals surface area (Å²) in [6.07, 6.45) is 2.84. The van der Waals surface area contributed by atoms with E-state index in [0.717, 1.165) is 36.7 Å². The van der Waals surface area contributed by atoms with Crippen LogP contribution in [0.5, 0.6) is 0 Å². The molecule has 0 saturated carbocycles. The van der Waals surface area contributed by atoms with Gasteiger partial charge in [-0.15, -0.1) is 0 Å². The monoisotopic (exact) mass is 331 g/mol. The molecule has 1 aromatic rings. The highest BCUT2D eigenvalue weighted by Gasteiger charge is 2.21. The first-order chi connectivity index (χ1) is 10.1. The van der Waals surface area contributed by atoms with E-state index in [-0.39, 0.29) is 0 Å². The second-order valence-corrected chi connectivity index (χ2v) is 8.23. The molecule has 1 aromatic heterocycles. The molecule has 2 N–H and O–H groups in total. The maximum absolute atomic E-state index is 12.4. The molecule has 1 unspecified atom stereocenters. The van der Waals surface area contributed by atoms with Crippen molar-refractivity contribution < 1.29 is 8.42 Å². The number of thioether (sulfide) groups is 1. The van der Waals surface area contributed by atoms with Gasteiger partial charge in [0, 0.05) is 31.5 Å². The first-order valence-corrected chi connectivity index (χ1v) is 10.2. The highest BCUT2D eigenvalue weighted by atomic mass is 32.2. The topological polar surface area (TPSA) is 63.1 Å². The van der Waals surface area contributed by atoms with E-state index in [2.05, 4.69) is 10.0 Å². The summed E-state index contributed by atoms with van der Waals surface area (Å²) in [7, 11) is -3.39. The number of nitrogens with one attached hydrogen (secondary N) is 2. The van der Waals surface area contributed by atoms with Gasteiger partial charge in [0.2, 0.25) is 10.0 Å². The molecule has 5 nitrogen and oxygen atoms in total. The van der Waals surface area contributed by atoms with Crippen molar-refractivity contribution >= 4 is 21.8 Å². The summed E-state index contributed by atoms with van der Waals surface area (Å²) in [6, 6.07) is 1.78. The normalized spacial score (nSPS) is 19.2. The van der Waals surface area contributed by atoms with Crippen molar-refractivity contribution in [3.8, 4) is 0 Å². The maximum atomic E-state index is 12.4. The molecule has 2 heterocycles. The van der Waals surface area contributed by atoms with E-state index in [0.29, 0.717) is 23.9 Å². The van der Waals surface area contributed by atoms with Gasteiger partial charge in [-0.2, -0.15) is 11.8 Å². The van der Waals surface area contributed by atoms with Gasteiger partial charge in [0.05, 0.1) is 4.90 Å². The van der Waals surface area contributed by atoms with Crippen LogP contribution in [0.15, 0.2) is 17.2 Å². The highest BCUT2D eigenvalue weighted by Crippen LogP contribution is 2.23. The minimum Gasteiger partial charge on any atom is -0.349 e. The molecule has 1 aliphatic rings. The molecule has 2 rings (SSSR count). The summed E-state index contributed by atoms with van der Waals surface area (Å²) in [5, 5.41) is 3.24. The van der Waals surface area contributed by atoms with E-state index in [4.69, 9.17) is 0 Å². The zero-order valence-corrected chi connectivity index (χ0v) is 14.4. The molecule has 1 atom stereocenters. The van der Waals surface area contributed by atoms with E-state index in [9.17, 15) is 8.42 Å². The lowest BCUT2D eigenvalue weighted by Crippen LogP contribution is -2.29. The van der Waals surface area contributed by atoms with E-state index in [1.807, 2.05) is 30.2 Å². The van der Waals surface area contributed by atoms with Crippen molar-refractivity contribution in [2.24, 2.45) is 5.92 Å². The standard InChI is InChI=1S/C14H25N3O2S2/c1-3-15-9-13-7-14(10-17(13)4-2)21(18,19)16-8-12-5-6-20-11-12/h7,10,12,15-16H,3-6,8-9,11H2,1-2H3. The molecule has 0 aliphatic carbocycles. The zero-order valence-electron chi connectivity index (χ0n) is 12.8. The molecule has 1 aliphatic heterocycles. The predicted octanol–water partition coefficient (Wildman–Crippen LogP) is 1.65. The average Bonchev–Trinajstić information content (AvgIpc) is 3.12. The van der Waals surface area contributed by atoms with Gasteiger partial charge in [-0.1, -0.05) is 6.92 Å². The number of hydrogen-bond donors (Lipinski definition) is 2.